The van der Waals surface area contributed by atoms with Crippen molar-refractivity contribution in [1.82, 2.24) is 0 Å². The van der Waals surface area contributed by atoms with Gasteiger partial charge in [-0.15, -0.1) is 0 Å². The van der Waals surface area contributed by atoms with E-state index in [0.717, 1.165) is 29.8 Å². The number of carbonyl (C=O) groups is 1. The summed E-state index contributed by atoms with van der Waals surface area (Å²) in [6.45, 7) is 6.31. The van der Waals surface area contributed by atoms with E-state index < -0.39 is 0 Å². The highest BCUT2D eigenvalue weighted by Gasteiger charge is 2.42. The van der Waals surface area contributed by atoms with Gasteiger partial charge in [0.05, 0.1) is 5.56 Å². The molecular formula is C19H22N2O. The van der Waals surface area contributed by atoms with Gasteiger partial charge in [0.25, 0.3) is 5.91 Å². The average molecular weight is 294 g/mol. The molecule has 1 amide bonds. The number of hydrogen-bond acceptors (Lipinski definition) is 2. The predicted octanol–water partition coefficient (Wildman–Crippen LogP) is 4.58. The molecule has 0 spiro atoms. The first kappa shape index (κ1) is 14.6. The fourth-order valence-electron chi connectivity index (χ4n) is 3.20. The number of benzene rings is 2. The molecule has 1 aliphatic heterocycles. The summed E-state index contributed by atoms with van der Waals surface area (Å²) in [5.74, 6) is 0.0712. The highest BCUT2D eigenvalue weighted by molar-refractivity contribution is 6.12. The third-order valence-electron chi connectivity index (χ3n) is 4.62. The van der Waals surface area contributed by atoms with Crippen LogP contribution in [0, 0.1) is 6.92 Å². The number of aryl methyl sites for hydroxylation is 1. The van der Waals surface area contributed by atoms with E-state index >= 15 is 0 Å². The van der Waals surface area contributed by atoms with Crippen LogP contribution in [0.15, 0.2) is 48.5 Å². The minimum absolute atomic E-state index is 0.0712. The Morgan fingerprint density at radius 2 is 1.64 bits per heavy atom. The Balaban J connectivity index is 2.16. The van der Waals surface area contributed by atoms with Crippen LogP contribution in [-0.4, -0.2) is 11.6 Å². The SMILES string of the molecule is CCC1(CC)Nc2ccccc2C(=O)N1c1ccc(C)cc1. The molecule has 0 aromatic heterocycles. The molecule has 0 aliphatic carbocycles. The van der Waals surface area contributed by atoms with Crippen molar-refractivity contribution >= 4 is 17.3 Å². The molecule has 3 nitrogen and oxygen atoms in total. The van der Waals surface area contributed by atoms with Crippen molar-refractivity contribution in [2.75, 3.05) is 10.2 Å². The predicted molar refractivity (Wildman–Crippen MR) is 91.4 cm³/mol. The number of nitrogens with one attached hydrogen (secondary N) is 1. The summed E-state index contributed by atoms with van der Waals surface area (Å²) in [5, 5.41) is 3.61. The number of hydrogen-bond donors (Lipinski definition) is 1. The fourth-order valence-corrected chi connectivity index (χ4v) is 3.20. The van der Waals surface area contributed by atoms with Crippen molar-refractivity contribution < 1.29 is 4.79 Å². The number of para-hydroxylation sites is 1. The van der Waals surface area contributed by atoms with Crippen LogP contribution in [0.2, 0.25) is 0 Å². The van der Waals surface area contributed by atoms with Crippen molar-refractivity contribution in [3.63, 3.8) is 0 Å². The van der Waals surface area contributed by atoms with E-state index in [1.807, 2.05) is 41.3 Å². The third-order valence-corrected chi connectivity index (χ3v) is 4.62. The second-order valence-corrected chi connectivity index (χ2v) is 5.89. The van der Waals surface area contributed by atoms with E-state index in [9.17, 15) is 4.79 Å². The second kappa shape index (κ2) is 5.48. The van der Waals surface area contributed by atoms with Crippen LogP contribution in [0.25, 0.3) is 0 Å². The second-order valence-electron chi connectivity index (χ2n) is 5.89. The molecule has 114 valence electrons. The van der Waals surface area contributed by atoms with Gasteiger partial charge in [-0.05, 0) is 44.0 Å². The molecule has 22 heavy (non-hydrogen) atoms. The summed E-state index contributed by atoms with van der Waals surface area (Å²) < 4.78 is 0. The van der Waals surface area contributed by atoms with Gasteiger partial charge in [0.15, 0.2) is 0 Å². The van der Waals surface area contributed by atoms with Crippen molar-refractivity contribution in [1.29, 1.82) is 0 Å². The standard InChI is InChI=1S/C19H22N2O/c1-4-19(5-2)20-17-9-7-6-8-16(17)18(22)21(19)15-12-10-14(3)11-13-15/h6-13,20H,4-5H2,1-3H3. The van der Waals surface area contributed by atoms with Gasteiger partial charge in [0.1, 0.15) is 5.66 Å². The van der Waals surface area contributed by atoms with Gasteiger partial charge in [-0.25, -0.2) is 0 Å². The number of amides is 1. The molecular weight excluding hydrogens is 272 g/mol. The lowest BCUT2D eigenvalue weighted by atomic mass is 9.93. The summed E-state index contributed by atoms with van der Waals surface area (Å²) >= 11 is 0. The molecule has 0 atom stereocenters. The van der Waals surface area contributed by atoms with E-state index in [1.165, 1.54) is 5.56 Å². The van der Waals surface area contributed by atoms with Gasteiger partial charge < -0.3 is 5.32 Å². The van der Waals surface area contributed by atoms with E-state index in [1.54, 1.807) is 0 Å². The Morgan fingerprint density at radius 1 is 1.00 bits per heavy atom. The normalized spacial score (nSPS) is 16.1. The Morgan fingerprint density at radius 3 is 2.27 bits per heavy atom. The van der Waals surface area contributed by atoms with Crippen molar-refractivity contribution in [2.45, 2.75) is 39.3 Å². The zero-order chi connectivity index (χ0) is 15.7. The van der Waals surface area contributed by atoms with Gasteiger partial charge in [0, 0.05) is 11.4 Å². The molecule has 1 N–H and O–H groups in total. The summed E-state index contributed by atoms with van der Waals surface area (Å²) in [6, 6.07) is 15.9. The molecule has 0 fully saturated rings. The maximum atomic E-state index is 13.1. The van der Waals surface area contributed by atoms with E-state index in [4.69, 9.17) is 0 Å². The van der Waals surface area contributed by atoms with Crippen LogP contribution >= 0.6 is 0 Å². The molecule has 1 aliphatic rings. The van der Waals surface area contributed by atoms with E-state index in [0.29, 0.717) is 0 Å². The van der Waals surface area contributed by atoms with Gasteiger partial charge in [-0.2, -0.15) is 0 Å². The highest BCUT2D eigenvalue weighted by Crippen LogP contribution is 2.38. The topological polar surface area (TPSA) is 32.3 Å². The summed E-state index contributed by atoms with van der Waals surface area (Å²) in [4.78, 5) is 15.0. The molecule has 2 aromatic carbocycles. The Hall–Kier alpha value is -2.29. The van der Waals surface area contributed by atoms with Crippen LogP contribution in [0.1, 0.15) is 42.6 Å². The monoisotopic (exact) mass is 294 g/mol. The quantitative estimate of drug-likeness (QED) is 0.898. The lowest BCUT2D eigenvalue weighted by Crippen LogP contribution is -2.59. The Bertz CT molecular complexity index is 687. The first-order chi connectivity index (χ1) is 10.6. The van der Waals surface area contributed by atoms with Gasteiger partial charge in [-0.3, -0.25) is 9.69 Å². The number of anilines is 2. The average Bonchev–Trinajstić information content (AvgIpc) is 2.56. The summed E-state index contributed by atoms with van der Waals surface area (Å²) in [7, 11) is 0. The zero-order valence-electron chi connectivity index (χ0n) is 13.4. The van der Waals surface area contributed by atoms with Crippen molar-refractivity contribution in [2.24, 2.45) is 0 Å². The van der Waals surface area contributed by atoms with E-state index in [2.05, 4.69) is 38.2 Å². The zero-order valence-corrected chi connectivity index (χ0v) is 13.4. The summed E-state index contributed by atoms with van der Waals surface area (Å²) in [6.07, 6.45) is 1.69. The number of rotatable bonds is 3. The van der Waals surface area contributed by atoms with Gasteiger partial charge in [0.2, 0.25) is 0 Å². The first-order valence-electron chi connectivity index (χ1n) is 7.89. The number of fused-ring (bicyclic) bond motifs is 1. The Kier molecular flexibility index (Phi) is 3.65. The van der Waals surface area contributed by atoms with E-state index in [-0.39, 0.29) is 11.6 Å². The van der Waals surface area contributed by atoms with Crippen LogP contribution in [0.3, 0.4) is 0 Å². The molecule has 1 heterocycles. The fraction of sp³-hybridized carbons (Fsp3) is 0.316. The van der Waals surface area contributed by atoms with Crippen LogP contribution in [0.5, 0.6) is 0 Å². The maximum Gasteiger partial charge on any atom is 0.262 e. The summed E-state index contributed by atoms with van der Waals surface area (Å²) in [5.41, 5.74) is 3.43. The van der Waals surface area contributed by atoms with Gasteiger partial charge in [-0.1, -0.05) is 43.7 Å². The van der Waals surface area contributed by atoms with Crippen molar-refractivity contribution in [3.05, 3.63) is 59.7 Å². The lowest BCUT2D eigenvalue weighted by molar-refractivity contribution is 0.0949. The number of carbonyl (C=O) groups excluding carboxylic acids is 1. The van der Waals surface area contributed by atoms with Crippen LogP contribution in [0.4, 0.5) is 11.4 Å². The molecule has 3 heteroatoms. The van der Waals surface area contributed by atoms with Crippen molar-refractivity contribution in [3.8, 4) is 0 Å². The number of nitrogens with zero attached hydrogens (tertiary/aromatic N) is 1. The smallest absolute Gasteiger partial charge is 0.262 e. The largest absolute Gasteiger partial charge is 0.362 e. The molecule has 3 rings (SSSR count). The molecule has 0 saturated carbocycles. The van der Waals surface area contributed by atoms with Crippen LogP contribution in [-0.2, 0) is 0 Å². The van der Waals surface area contributed by atoms with Crippen LogP contribution < -0.4 is 10.2 Å². The molecule has 0 saturated heterocycles. The first-order valence-corrected chi connectivity index (χ1v) is 7.89. The lowest BCUT2D eigenvalue weighted by Gasteiger charge is -2.48. The maximum absolute atomic E-state index is 13.1. The Labute approximate surface area is 132 Å². The highest BCUT2D eigenvalue weighted by atomic mass is 16.2. The molecule has 0 radical (unpaired) electrons. The molecule has 2 aromatic rings. The molecule has 0 unspecified atom stereocenters. The minimum Gasteiger partial charge on any atom is -0.362 e. The molecule has 0 bridgehead atoms. The van der Waals surface area contributed by atoms with Gasteiger partial charge >= 0.3 is 0 Å². The third kappa shape index (κ3) is 2.17. The minimum atomic E-state index is -0.374.